The molecule has 2 aliphatic rings. The van der Waals surface area contributed by atoms with Crippen LogP contribution >= 0.6 is 0 Å². The van der Waals surface area contributed by atoms with E-state index in [1.165, 1.54) is 5.56 Å². The zero-order valence-corrected chi connectivity index (χ0v) is 11.3. The Bertz CT molecular complexity index is 453. The lowest BCUT2D eigenvalue weighted by molar-refractivity contribution is -0.137. The molecule has 0 bridgehead atoms. The van der Waals surface area contributed by atoms with Crippen LogP contribution in [0.2, 0.25) is 0 Å². The highest BCUT2D eigenvalue weighted by atomic mass is 16.2. The maximum atomic E-state index is 12.6. The van der Waals surface area contributed by atoms with E-state index < -0.39 is 0 Å². The zero-order chi connectivity index (χ0) is 13.3. The molecule has 1 aliphatic carbocycles. The lowest BCUT2D eigenvalue weighted by atomic mass is 10.0. The molecule has 3 rings (SSSR count). The first-order chi connectivity index (χ1) is 9.25. The molecule has 2 fully saturated rings. The van der Waals surface area contributed by atoms with E-state index in [4.69, 9.17) is 5.73 Å². The van der Waals surface area contributed by atoms with Gasteiger partial charge in [-0.05, 0) is 37.7 Å². The largest absolute Gasteiger partial charge is 0.339 e. The monoisotopic (exact) mass is 258 g/mol. The van der Waals surface area contributed by atoms with Gasteiger partial charge in [0.1, 0.15) is 0 Å². The molecule has 1 aromatic rings. The fourth-order valence-corrected chi connectivity index (χ4v) is 3.16. The Morgan fingerprint density at radius 1 is 1.32 bits per heavy atom. The third-order valence-corrected chi connectivity index (χ3v) is 4.65. The third kappa shape index (κ3) is 2.39. The van der Waals surface area contributed by atoms with Gasteiger partial charge < -0.3 is 10.6 Å². The standard InChI is InChI=1S/C16H22N2O/c17-12-16(8-9-16)15(19)18-10-4-7-14(18)11-13-5-2-1-3-6-13/h1-3,5-6,14H,4,7-12,17H2. The molecule has 1 unspecified atom stereocenters. The summed E-state index contributed by atoms with van der Waals surface area (Å²) < 4.78 is 0. The fraction of sp³-hybridized carbons (Fsp3) is 0.562. The summed E-state index contributed by atoms with van der Waals surface area (Å²) in [7, 11) is 0. The Kier molecular flexibility index (Phi) is 3.31. The van der Waals surface area contributed by atoms with Gasteiger partial charge in [-0.25, -0.2) is 0 Å². The molecule has 1 aliphatic heterocycles. The van der Waals surface area contributed by atoms with Crippen LogP contribution in [0, 0.1) is 5.41 Å². The summed E-state index contributed by atoms with van der Waals surface area (Å²) >= 11 is 0. The summed E-state index contributed by atoms with van der Waals surface area (Å²) in [6.07, 6.45) is 5.20. The normalized spacial score (nSPS) is 24.5. The molecule has 2 N–H and O–H groups in total. The molecule has 19 heavy (non-hydrogen) atoms. The van der Waals surface area contributed by atoms with Crippen molar-refractivity contribution < 1.29 is 4.79 Å². The molecular formula is C16H22N2O. The number of hydrogen-bond donors (Lipinski definition) is 1. The van der Waals surface area contributed by atoms with E-state index in [1.807, 2.05) is 6.07 Å². The van der Waals surface area contributed by atoms with Crippen LogP contribution in [0.25, 0.3) is 0 Å². The number of hydrogen-bond acceptors (Lipinski definition) is 2. The SMILES string of the molecule is NCC1(C(=O)N2CCCC2Cc2ccccc2)CC1. The molecule has 1 atom stereocenters. The van der Waals surface area contributed by atoms with E-state index in [0.717, 1.165) is 38.6 Å². The predicted octanol–water partition coefficient (Wildman–Crippen LogP) is 1.96. The summed E-state index contributed by atoms with van der Waals surface area (Å²) in [6.45, 7) is 1.43. The van der Waals surface area contributed by atoms with Crippen molar-refractivity contribution in [2.24, 2.45) is 11.1 Å². The van der Waals surface area contributed by atoms with Crippen molar-refractivity contribution in [1.29, 1.82) is 0 Å². The van der Waals surface area contributed by atoms with Crippen molar-refractivity contribution in [3.05, 3.63) is 35.9 Å². The van der Waals surface area contributed by atoms with Gasteiger partial charge in [0, 0.05) is 19.1 Å². The van der Waals surface area contributed by atoms with Crippen molar-refractivity contribution in [2.75, 3.05) is 13.1 Å². The first-order valence-corrected chi connectivity index (χ1v) is 7.30. The first-order valence-electron chi connectivity index (χ1n) is 7.30. The Hall–Kier alpha value is -1.35. The lowest BCUT2D eigenvalue weighted by Crippen LogP contribution is -2.43. The van der Waals surface area contributed by atoms with E-state index in [-0.39, 0.29) is 5.41 Å². The predicted molar refractivity (Wildman–Crippen MR) is 75.6 cm³/mol. The molecule has 0 spiro atoms. The maximum absolute atomic E-state index is 12.6. The number of carbonyl (C=O) groups excluding carboxylic acids is 1. The van der Waals surface area contributed by atoms with Crippen LogP contribution in [0.3, 0.4) is 0 Å². The number of nitrogens with zero attached hydrogens (tertiary/aromatic N) is 1. The van der Waals surface area contributed by atoms with Gasteiger partial charge in [-0.1, -0.05) is 30.3 Å². The second-order valence-electron chi connectivity index (χ2n) is 5.97. The second kappa shape index (κ2) is 4.97. The third-order valence-electron chi connectivity index (χ3n) is 4.65. The topological polar surface area (TPSA) is 46.3 Å². The Balaban J connectivity index is 1.70. The molecule has 0 aromatic heterocycles. The zero-order valence-electron chi connectivity index (χ0n) is 11.3. The van der Waals surface area contributed by atoms with Gasteiger partial charge in [0.05, 0.1) is 5.41 Å². The van der Waals surface area contributed by atoms with Gasteiger partial charge >= 0.3 is 0 Å². The minimum absolute atomic E-state index is 0.195. The number of rotatable bonds is 4. The van der Waals surface area contributed by atoms with Crippen molar-refractivity contribution in [1.82, 2.24) is 4.90 Å². The van der Waals surface area contributed by atoms with Gasteiger partial charge in [0.15, 0.2) is 0 Å². The molecule has 1 amide bonds. The molecule has 1 aromatic carbocycles. The Morgan fingerprint density at radius 3 is 2.68 bits per heavy atom. The van der Waals surface area contributed by atoms with E-state index in [9.17, 15) is 4.79 Å². The maximum Gasteiger partial charge on any atom is 0.230 e. The average Bonchev–Trinajstić information content (AvgIpc) is 3.13. The minimum atomic E-state index is -0.195. The van der Waals surface area contributed by atoms with Gasteiger partial charge in [0.25, 0.3) is 0 Å². The van der Waals surface area contributed by atoms with Gasteiger partial charge in [-0.15, -0.1) is 0 Å². The lowest BCUT2D eigenvalue weighted by Gasteiger charge is -2.28. The van der Waals surface area contributed by atoms with Crippen molar-refractivity contribution in [3.8, 4) is 0 Å². The second-order valence-corrected chi connectivity index (χ2v) is 5.97. The molecule has 1 heterocycles. The molecular weight excluding hydrogens is 236 g/mol. The highest BCUT2D eigenvalue weighted by molar-refractivity contribution is 5.86. The number of nitrogens with two attached hydrogens (primary N) is 1. The molecule has 3 nitrogen and oxygen atoms in total. The summed E-state index contributed by atoms with van der Waals surface area (Å²) in [5, 5.41) is 0. The molecule has 102 valence electrons. The molecule has 1 saturated carbocycles. The van der Waals surface area contributed by atoms with Crippen LogP contribution in [0.4, 0.5) is 0 Å². The summed E-state index contributed by atoms with van der Waals surface area (Å²) in [5.41, 5.74) is 6.92. The number of amides is 1. The van der Waals surface area contributed by atoms with E-state index in [0.29, 0.717) is 18.5 Å². The Labute approximate surface area is 114 Å². The minimum Gasteiger partial charge on any atom is -0.339 e. The number of likely N-dealkylation sites (tertiary alicyclic amines) is 1. The quantitative estimate of drug-likeness (QED) is 0.897. The van der Waals surface area contributed by atoms with E-state index in [2.05, 4.69) is 29.2 Å². The van der Waals surface area contributed by atoms with E-state index >= 15 is 0 Å². The van der Waals surface area contributed by atoms with E-state index in [1.54, 1.807) is 0 Å². The van der Waals surface area contributed by atoms with Crippen molar-refractivity contribution in [2.45, 2.75) is 38.1 Å². The summed E-state index contributed by atoms with van der Waals surface area (Å²) in [6, 6.07) is 10.8. The first kappa shape index (κ1) is 12.7. The number of carbonyl (C=O) groups is 1. The molecule has 3 heteroatoms. The molecule has 1 saturated heterocycles. The van der Waals surface area contributed by atoms with Gasteiger partial charge in [-0.3, -0.25) is 4.79 Å². The fourth-order valence-electron chi connectivity index (χ4n) is 3.16. The highest BCUT2D eigenvalue weighted by Crippen LogP contribution is 2.47. The number of benzene rings is 1. The summed E-state index contributed by atoms with van der Waals surface area (Å²) in [4.78, 5) is 14.7. The highest BCUT2D eigenvalue weighted by Gasteiger charge is 2.51. The van der Waals surface area contributed by atoms with Crippen LogP contribution in [0.15, 0.2) is 30.3 Å². The summed E-state index contributed by atoms with van der Waals surface area (Å²) in [5.74, 6) is 0.313. The van der Waals surface area contributed by atoms with Crippen molar-refractivity contribution >= 4 is 5.91 Å². The van der Waals surface area contributed by atoms with Gasteiger partial charge in [0.2, 0.25) is 5.91 Å². The Morgan fingerprint density at radius 2 is 2.05 bits per heavy atom. The van der Waals surface area contributed by atoms with Crippen LogP contribution in [0.5, 0.6) is 0 Å². The van der Waals surface area contributed by atoms with Crippen LogP contribution in [-0.4, -0.2) is 29.9 Å². The van der Waals surface area contributed by atoms with Crippen LogP contribution < -0.4 is 5.73 Å². The van der Waals surface area contributed by atoms with Crippen molar-refractivity contribution in [3.63, 3.8) is 0 Å². The van der Waals surface area contributed by atoms with Crippen LogP contribution in [0.1, 0.15) is 31.2 Å². The van der Waals surface area contributed by atoms with Crippen LogP contribution in [-0.2, 0) is 11.2 Å². The molecule has 0 radical (unpaired) electrons. The average molecular weight is 258 g/mol. The van der Waals surface area contributed by atoms with Gasteiger partial charge in [-0.2, -0.15) is 0 Å². The smallest absolute Gasteiger partial charge is 0.230 e.